The smallest absolute Gasteiger partial charge is 0.290 e. The van der Waals surface area contributed by atoms with E-state index in [4.69, 9.17) is 4.42 Å². The predicted molar refractivity (Wildman–Crippen MR) is 101 cm³/mol. The van der Waals surface area contributed by atoms with Crippen molar-refractivity contribution in [3.8, 4) is 0 Å². The van der Waals surface area contributed by atoms with Gasteiger partial charge in [-0.15, -0.1) is 0 Å². The molecule has 27 heavy (non-hydrogen) atoms. The van der Waals surface area contributed by atoms with Gasteiger partial charge in [0.1, 0.15) is 5.52 Å². The molecule has 0 fully saturated rings. The van der Waals surface area contributed by atoms with Gasteiger partial charge in [-0.05, 0) is 30.7 Å². The summed E-state index contributed by atoms with van der Waals surface area (Å²) in [5.74, 6) is 0.534. The first-order valence-corrected chi connectivity index (χ1v) is 9.65. The molecule has 2 aromatic carbocycles. The summed E-state index contributed by atoms with van der Waals surface area (Å²) in [6.45, 7) is 7.38. The molecule has 3 aromatic rings. The molecule has 0 saturated carbocycles. The summed E-state index contributed by atoms with van der Waals surface area (Å²) in [6, 6.07) is 8.80. The van der Waals surface area contributed by atoms with E-state index in [0.29, 0.717) is 17.0 Å². The van der Waals surface area contributed by atoms with E-state index < -0.39 is 20.6 Å². The topological polar surface area (TPSA) is 115 Å². The minimum absolute atomic E-state index is 0.244. The van der Waals surface area contributed by atoms with Crippen molar-refractivity contribution in [2.24, 2.45) is 0 Å². The molecule has 1 heterocycles. The Bertz CT molecular complexity index is 1140. The van der Waals surface area contributed by atoms with Crippen LogP contribution in [0.4, 0.5) is 11.4 Å². The van der Waals surface area contributed by atoms with E-state index >= 15 is 0 Å². The zero-order valence-electron chi connectivity index (χ0n) is 15.3. The molecule has 0 aliphatic rings. The molecular formula is C18H19N3O5S. The van der Waals surface area contributed by atoms with Crippen molar-refractivity contribution in [2.45, 2.75) is 38.0 Å². The van der Waals surface area contributed by atoms with Crippen LogP contribution in [0.15, 0.2) is 45.7 Å². The zero-order chi connectivity index (χ0) is 20.0. The van der Waals surface area contributed by atoms with E-state index in [1.54, 1.807) is 6.07 Å². The summed E-state index contributed by atoms with van der Waals surface area (Å²) in [5.41, 5.74) is 0.799. The maximum Gasteiger partial charge on any atom is 0.290 e. The number of nitrogens with one attached hydrogen (secondary N) is 1. The largest absolute Gasteiger partial charge is 0.440 e. The lowest BCUT2D eigenvalue weighted by Gasteiger charge is -2.11. The molecule has 9 heteroatoms. The number of nitro benzene ring substituents is 1. The standard InChI is InChI=1S/C18H19N3O5S/c1-11-6-5-7-14(21(22)23)16(11)27(24,25)20-12-8-9-15-13(10-12)19-17(26-15)18(2,3)4/h5-10,20H,1-4H3. The van der Waals surface area contributed by atoms with Crippen molar-refractivity contribution in [1.29, 1.82) is 0 Å². The van der Waals surface area contributed by atoms with E-state index in [9.17, 15) is 18.5 Å². The number of aromatic nitrogens is 1. The Balaban J connectivity index is 2.03. The molecule has 0 saturated heterocycles. The fraction of sp³-hybridized carbons (Fsp3) is 0.278. The molecule has 1 N–H and O–H groups in total. The van der Waals surface area contributed by atoms with Crippen LogP contribution < -0.4 is 4.72 Å². The van der Waals surface area contributed by atoms with Gasteiger partial charge >= 0.3 is 0 Å². The van der Waals surface area contributed by atoms with Crippen LogP contribution in [0.2, 0.25) is 0 Å². The summed E-state index contributed by atoms with van der Waals surface area (Å²) in [5, 5.41) is 11.2. The van der Waals surface area contributed by atoms with E-state index in [2.05, 4.69) is 9.71 Å². The Kier molecular flexibility index (Phi) is 4.43. The molecule has 0 spiro atoms. The van der Waals surface area contributed by atoms with E-state index in [0.717, 1.165) is 6.07 Å². The van der Waals surface area contributed by atoms with Crippen LogP contribution in [0.5, 0.6) is 0 Å². The van der Waals surface area contributed by atoms with Crippen molar-refractivity contribution < 1.29 is 17.8 Å². The summed E-state index contributed by atoms with van der Waals surface area (Å²) in [6.07, 6.45) is 0. The normalized spacial score (nSPS) is 12.3. The van der Waals surface area contributed by atoms with Gasteiger partial charge in [-0.1, -0.05) is 32.9 Å². The molecule has 0 aliphatic carbocycles. The lowest BCUT2D eigenvalue weighted by atomic mass is 9.97. The van der Waals surface area contributed by atoms with Gasteiger partial charge in [0.15, 0.2) is 10.5 Å². The fourth-order valence-electron chi connectivity index (χ4n) is 2.65. The molecule has 8 nitrogen and oxygen atoms in total. The van der Waals surface area contributed by atoms with Gasteiger partial charge < -0.3 is 4.42 Å². The monoisotopic (exact) mass is 389 g/mol. The van der Waals surface area contributed by atoms with Crippen molar-refractivity contribution in [3.63, 3.8) is 0 Å². The minimum Gasteiger partial charge on any atom is -0.440 e. The summed E-state index contributed by atoms with van der Waals surface area (Å²) >= 11 is 0. The summed E-state index contributed by atoms with van der Waals surface area (Å²) in [4.78, 5) is 14.6. The SMILES string of the molecule is Cc1cccc([N+](=O)[O-])c1S(=O)(=O)Nc1ccc2oc(C(C)(C)C)nc2c1. The van der Waals surface area contributed by atoms with E-state index in [1.807, 2.05) is 20.8 Å². The summed E-state index contributed by atoms with van der Waals surface area (Å²) < 4.78 is 33.7. The average Bonchev–Trinajstić information content (AvgIpc) is 2.97. The Morgan fingerprint density at radius 1 is 1.19 bits per heavy atom. The van der Waals surface area contributed by atoms with Crippen LogP contribution in [0.1, 0.15) is 32.2 Å². The Labute approximate surface area is 156 Å². The highest BCUT2D eigenvalue weighted by atomic mass is 32.2. The number of nitro groups is 1. The number of hydrogen-bond acceptors (Lipinski definition) is 6. The van der Waals surface area contributed by atoms with Crippen molar-refractivity contribution >= 4 is 32.5 Å². The molecule has 0 amide bonds. The van der Waals surface area contributed by atoms with Crippen molar-refractivity contribution in [3.05, 3.63) is 58.0 Å². The summed E-state index contributed by atoms with van der Waals surface area (Å²) in [7, 11) is -4.16. The third kappa shape index (κ3) is 3.63. The van der Waals surface area contributed by atoms with Gasteiger partial charge in [0.25, 0.3) is 15.7 Å². The van der Waals surface area contributed by atoms with E-state index in [1.165, 1.54) is 31.2 Å². The number of benzene rings is 2. The second kappa shape index (κ2) is 6.34. The van der Waals surface area contributed by atoms with Crippen LogP contribution in [0.25, 0.3) is 11.1 Å². The zero-order valence-corrected chi connectivity index (χ0v) is 16.1. The van der Waals surface area contributed by atoms with Gasteiger partial charge in [-0.2, -0.15) is 0 Å². The van der Waals surface area contributed by atoms with Gasteiger partial charge in [-0.25, -0.2) is 13.4 Å². The van der Waals surface area contributed by atoms with Gasteiger partial charge in [0.05, 0.1) is 10.6 Å². The first kappa shape index (κ1) is 18.8. The van der Waals surface area contributed by atoms with Crippen LogP contribution in [-0.4, -0.2) is 18.3 Å². The fourth-order valence-corrected chi connectivity index (χ4v) is 4.10. The van der Waals surface area contributed by atoms with E-state index in [-0.39, 0.29) is 21.6 Å². The quantitative estimate of drug-likeness (QED) is 0.529. The number of nitrogens with zero attached hydrogens (tertiary/aromatic N) is 2. The average molecular weight is 389 g/mol. The number of oxazole rings is 1. The first-order valence-electron chi connectivity index (χ1n) is 8.17. The third-order valence-corrected chi connectivity index (χ3v) is 5.51. The number of hydrogen-bond donors (Lipinski definition) is 1. The molecule has 0 bridgehead atoms. The van der Waals surface area contributed by atoms with Crippen LogP contribution in [0.3, 0.4) is 0 Å². The van der Waals surface area contributed by atoms with Crippen molar-refractivity contribution in [2.75, 3.05) is 4.72 Å². The number of fused-ring (bicyclic) bond motifs is 1. The first-order chi connectivity index (χ1) is 12.5. The second-order valence-corrected chi connectivity index (χ2v) is 8.86. The van der Waals surface area contributed by atoms with Gasteiger partial charge in [0, 0.05) is 11.5 Å². The van der Waals surface area contributed by atoms with Gasteiger partial charge in [0.2, 0.25) is 5.89 Å². The number of rotatable bonds is 4. The molecular weight excluding hydrogens is 370 g/mol. The third-order valence-electron chi connectivity index (χ3n) is 3.94. The molecule has 0 radical (unpaired) electrons. The highest BCUT2D eigenvalue weighted by Gasteiger charge is 2.28. The van der Waals surface area contributed by atoms with Crippen LogP contribution in [-0.2, 0) is 15.4 Å². The lowest BCUT2D eigenvalue weighted by molar-refractivity contribution is -0.387. The predicted octanol–water partition coefficient (Wildman–Crippen LogP) is 4.14. The maximum absolute atomic E-state index is 12.8. The van der Waals surface area contributed by atoms with Gasteiger partial charge in [-0.3, -0.25) is 14.8 Å². The Hall–Kier alpha value is -2.94. The molecule has 3 rings (SSSR count). The Morgan fingerprint density at radius 2 is 1.89 bits per heavy atom. The lowest BCUT2D eigenvalue weighted by Crippen LogP contribution is -2.16. The number of anilines is 1. The Morgan fingerprint density at radius 3 is 2.52 bits per heavy atom. The molecule has 1 aromatic heterocycles. The van der Waals surface area contributed by atoms with Crippen LogP contribution in [0, 0.1) is 17.0 Å². The highest BCUT2D eigenvalue weighted by molar-refractivity contribution is 7.93. The number of aryl methyl sites for hydroxylation is 1. The molecule has 0 unspecified atom stereocenters. The number of sulfonamides is 1. The highest BCUT2D eigenvalue weighted by Crippen LogP contribution is 2.31. The van der Waals surface area contributed by atoms with Crippen molar-refractivity contribution in [1.82, 2.24) is 4.98 Å². The molecule has 0 aliphatic heterocycles. The molecule has 142 valence electrons. The maximum atomic E-state index is 12.8. The molecule has 0 atom stereocenters. The van der Waals surface area contributed by atoms with Crippen LogP contribution >= 0.6 is 0 Å². The minimum atomic E-state index is -4.16. The second-order valence-electron chi connectivity index (χ2n) is 7.24.